The van der Waals surface area contributed by atoms with E-state index in [0.717, 1.165) is 12.5 Å². The molecule has 4 atom stereocenters. The Labute approximate surface area is 106 Å². The van der Waals surface area contributed by atoms with E-state index in [0.29, 0.717) is 24.1 Å². The Morgan fingerprint density at radius 2 is 2.33 bits per heavy atom. The first-order valence-electron chi connectivity index (χ1n) is 6.77. The average Bonchev–Trinajstić information content (AvgIpc) is 2.95. The maximum absolute atomic E-state index is 12.8. The van der Waals surface area contributed by atoms with Crippen LogP contribution in [0.4, 0.5) is 4.39 Å². The third-order valence-corrected chi connectivity index (χ3v) is 4.45. The Bertz CT molecular complexity index is 409. The Balaban J connectivity index is 1.64. The molecular weight excluding hydrogens is 231 g/mol. The second kappa shape index (κ2) is 4.94. The molecule has 1 saturated heterocycles. The standard InChI is InChI=1S/C14H19FN2O/c15-10-4-5-12(17-8-10)14(18)6-13-11-3-1-2-9(11)7-16-13/h4-5,8-9,11,13-14,16,18H,1-3,6-7H2. The quantitative estimate of drug-likeness (QED) is 0.863. The van der Waals surface area contributed by atoms with E-state index < -0.39 is 6.10 Å². The lowest BCUT2D eigenvalue weighted by Crippen LogP contribution is -2.29. The number of hydrogen-bond acceptors (Lipinski definition) is 3. The van der Waals surface area contributed by atoms with Gasteiger partial charge in [-0.1, -0.05) is 6.42 Å². The molecule has 0 spiro atoms. The number of hydrogen-bond donors (Lipinski definition) is 2. The zero-order valence-corrected chi connectivity index (χ0v) is 10.3. The van der Waals surface area contributed by atoms with Crippen molar-refractivity contribution >= 4 is 0 Å². The molecule has 98 valence electrons. The van der Waals surface area contributed by atoms with Gasteiger partial charge in [-0.3, -0.25) is 4.98 Å². The zero-order chi connectivity index (χ0) is 12.5. The normalized spacial score (nSPS) is 32.4. The van der Waals surface area contributed by atoms with Crippen molar-refractivity contribution in [1.29, 1.82) is 0 Å². The lowest BCUT2D eigenvalue weighted by molar-refractivity contribution is 0.140. The van der Waals surface area contributed by atoms with Crippen molar-refractivity contribution in [1.82, 2.24) is 10.3 Å². The lowest BCUT2D eigenvalue weighted by atomic mass is 9.90. The highest BCUT2D eigenvalue weighted by atomic mass is 19.1. The van der Waals surface area contributed by atoms with Crippen LogP contribution < -0.4 is 5.32 Å². The molecule has 1 saturated carbocycles. The van der Waals surface area contributed by atoms with Crippen molar-refractivity contribution < 1.29 is 9.50 Å². The summed E-state index contributed by atoms with van der Waals surface area (Å²) < 4.78 is 12.8. The van der Waals surface area contributed by atoms with Gasteiger partial charge in [0.2, 0.25) is 0 Å². The summed E-state index contributed by atoms with van der Waals surface area (Å²) in [6, 6.07) is 3.31. The molecular formula is C14H19FN2O. The van der Waals surface area contributed by atoms with E-state index in [-0.39, 0.29) is 5.82 Å². The summed E-state index contributed by atoms with van der Waals surface area (Å²) >= 11 is 0. The number of aliphatic hydroxyl groups is 1. The van der Waals surface area contributed by atoms with Crippen LogP contribution in [0.2, 0.25) is 0 Å². The first kappa shape index (κ1) is 12.1. The summed E-state index contributed by atoms with van der Waals surface area (Å²) in [5.74, 6) is 1.14. The van der Waals surface area contributed by atoms with Crippen LogP contribution in [0.3, 0.4) is 0 Å². The number of halogens is 1. The molecule has 1 aromatic heterocycles. The number of nitrogens with one attached hydrogen (secondary N) is 1. The Kier molecular flexibility index (Phi) is 3.31. The van der Waals surface area contributed by atoms with Gasteiger partial charge in [0.25, 0.3) is 0 Å². The molecule has 2 N–H and O–H groups in total. The molecule has 18 heavy (non-hydrogen) atoms. The molecule has 0 amide bonds. The molecule has 0 radical (unpaired) electrons. The van der Waals surface area contributed by atoms with E-state index in [1.54, 1.807) is 6.07 Å². The van der Waals surface area contributed by atoms with E-state index in [9.17, 15) is 9.50 Å². The lowest BCUT2D eigenvalue weighted by Gasteiger charge is -2.21. The monoisotopic (exact) mass is 250 g/mol. The van der Waals surface area contributed by atoms with Crippen LogP contribution in [0, 0.1) is 17.7 Å². The first-order chi connectivity index (χ1) is 8.74. The van der Waals surface area contributed by atoms with Crippen LogP contribution in [0.15, 0.2) is 18.3 Å². The van der Waals surface area contributed by atoms with Gasteiger partial charge < -0.3 is 10.4 Å². The molecule has 3 nitrogen and oxygen atoms in total. The number of pyridine rings is 1. The molecule has 2 heterocycles. The van der Waals surface area contributed by atoms with Crippen molar-refractivity contribution in [2.24, 2.45) is 11.8 Å². The molecule has 1 aliphatic heterocycles. The fourth-order valence-electron chi connectivity index (χ4n) is 3.51. The van der Waals surface area contributed by atoms with Crippen LogP contribution in [0.5, 0.6) is 0 Å². The van der Waals surface area contributed by atoms with Crippen LogP contribution in [0.25, 0.3) is 0 Å². The summed E-state index contributed by atoms with van der Waals surface area (Å²) in [7, 11) is 0. The van der Waals surface area contributed by atoms with Crippen molar-refractivity contribution in [3.05, 3.63) is 29.8 Å². The van der Waals surface area contributed by atoms with Gasteiger partial charge in [-0.25, -0.2) is 4.39 Å². The molecule has 4 unspecified atom stereocenters. The third kappa shape index (κ3) is 2.27. The van der Waals surface area contributed by atoms with E-state index in [2.05, 4.69) is 10.3 Å². The first-order valence-corrected chi connectivity index (χ1v) is 6.77. The fourth-order valence-corrected chi connectivity index (χ4v) is 3.51. The van der Waals surface area contributed by atoms with Crippen molar-refractivity contribution in [3.63, 3.8) is 0 Å². The summed E-state index contributed by atoms with van der Waals surface area (Å²) in [6.45, 7) is 1.08. The maximum Gasteiger partial charge on any atom is 0.141 e. The predicted molar refractivity (Wildman–Crippen MR) is 66.4 cm³/mol. The molecule has 1 aromatic rings. The molecule has 4 heteroatoms. The van der Waals surface area contributed by atoms with Gasteiger partial charge in [0.05, 0.1) is 18.0 Å². The Morgan fingerprint density at radius 1 is 1.44 bits per heavy atom. The maximum atomic E-state index is 12.8. The van der Waals surface area contributed by atoms with E-state index in [1.807, 2.05) is 0 Å². The van der Waals surface area contributed by atoms with Crippen LogP contribution in [0.1, 0.15) is 37.5 Å². The van der Waals surface area contributed by atoms with E-state index in [4.69, 9.17) is 0 Å². The van der Waals surface area contributed by atoms with Crippen molar-refractivity contribution in [3.8, 4) is 0 Å². The zero-order valence-electron chi connectivity index (χ0n) is 10.3. The molecule has 0 bridgehead atoms. The highest BCUT2D eigenvalue weighted by Crippen LogP contribution is 2.40. The molecule has 3 rings (SSSR count). The largest absolute Gasteiger partial charge is 0.387 e. The SMILES string of the molecule is OC(CC1NCC2CCCC21)c1ccc(F)cn1. The van der Waals surface area contributed by atoms with Gasteiger partial charge in [-0.2, -0.15) is 0 Å². The smallest absolute Gasteiger partial charge is 0.141 e. The van der Waals surface area contributed by atoms with E-state index in [1.165, 1.54) is 31.5 Å². The van der Waals surface area contributed by atoms with Gasteiger partial charge in [-0.05, 0) is 49.8 Å². The molecule has 2 aliphatic rings. The highest BCUT2D eigenvalue weighted by molar-refractivity contribution is 5.09. The average molecular weight is 250 g/mol. The second-order valence-corrected chi connectivity index (χ2v) is 5.52. The second-order valence-electron chi connectivity index (χ2n) is 5.52. The minimum atomic E-state index is -0.595. The summed E-state index contributed by atoms with van der Waals surface area (Å²) in [5, 5.41) is 13.7. The Hall–Kier alpha value is -1.00. The van der Waals surface area contributed by atoms with Crippen LogP contribution >= 0.6 is 0 Å². The highest BCUT2D eigenvalue weighted by Gasteiger charge is 2.39. The topological polar surface area (TPSA) is 45.1 Å². The number of nitrogens with zero attached hydrogens (tertiary/aromatic N) is 1. The van der Waals surface area contributed by atoms with Crippen molar-refractivity contribution in [2.75, 3.05) is 6.54 Å². The number of rotatable bonds is 3. The van der Waals surface area contributed by atoms with Crippen LogP contribution in [-0.4, -0.2) is 22.7 Å². The number of aliphatic hydroxyl groups excluding tert-OH is 1. The Morgan fingerprint density at radius 3 is 3.11 bits per heavy atom. The van der Waals surface area contributed by atoms with Crippen LogP contribution in [-0.2, 0) is 0 Å². The van der Waals surface area contributed by atoms with Gasteiger partial charge in [0.15, 0.2) is 0 Å². The molecule has 2 fully saturated rings. The summed E-state index contributed by atoms with van der Waals surface area (Å²) in [5.41, 5.74) is 0.569. The number of aromatic nitrogens is 1. The minimum Gasteiger partial charge on any atom is -0.387 e. The van der Waals surface area contributed by atoms with Gasteiger partial charge in [0.1, 0.15) is 5.82 Å². The fraction of sp³-hybridized carbons (Fsp3) is 0.643. The predicted octanol–water partition coefficient (Wildman–Crippen LogP) is 2.03. The third-order valence-electron chi connectivity index (χ3n) is 4.45. The van der Waals surface area contributed by atoms with Gasteiger partial charge in [-0.15, -0.1) is 0 Å². The van der Waals surface area contributed by atoms with Gasteiger partial charge >= 0.3 is 0 Å². The van der Waals surface area contributed by atoms with Crippen molar-refractivity contribution in [2.45, 2.75) is 37.8 Å². The molecule has 1 aliphatic carbocycles. The van der Waals surface area contributed by atoms with E-state index >= 15 is 0 Å². The summed E-state index contributed by atoms with van der Waals surface area (Å²) in [4.78, 5) is 3.95. The molecule has 0 aromatic carbocycles. The van der Waals surface area contributed by atoms with Gasteiger partial charge in [0, 0.05) is 6.04 Å². The number of fused-ring (bicyclic) bond motifs is 1. The minimum absolute atomic E-state index is 0.360. The summed E-state index contributed by atoms with van der Waals surface area (Å²) in [6.07, 6.45) is 5.16.